The van der Waals surface area contributed by atoms with Gasteiger partial charge in [0.25, 0.3) is 0 Å². The van der Waals surface area contributed by atoms with Gasteiger partial charge in [0.2, 0.25) is 0 Å². The Balaban J connectivity index is 1.66. The van der Waals surface area contributed by atoms with Crippen molar-refractivity contribution >= 4 is 11.6 Å². The molecule has 1 saturated carbocycles. The summed E-state index contributed by atoms with van der Waals surface area (Å²) in [6.07, 6.45) is 6.21. The average molecular weight is 306 g/mol. The van der Waals surface area contributed by atoms with E-state index in [0.29, 0.717) is 22.9 Å². The number of hydrogen-bond acceptors (Lipinski definition) is 1. The van der Waals surface area contributed by atoms with Crippen LogP contribution in [-0.4, -0.2) is 12.1 Å². The Kier molecular flexibility index (Phi) is 3.86. The van der Waals surface area contributed by atoms with Gasteiger partial charge >= 0.3 is 0 Å². The van der Waals surface area contributed by atoms with E-state index in [2.05, 4.69) is 45.1 Å². The number of halogens is 1. The third-order valence-corrected chi connectivity index (χ3v) is 5.36. The summed E-state index contributed by atoms with van der Waals surface area (Å²) in [5, 5.41) is 4.82. The van der Waals surface area contributed by atoms with Crippen LogP contribution in [-0.2, 0) is 12.8 Å². The highest BCUT2D eigenvalue weighted by molar-refractivity contribution is 6.30. The highest BCUT2D eigenvalue weighted by Gasteiger charge is 2.39. The second-order valence-electron chi connectivity index (χ2n) is 8.80. The predicted octanol–water partition coefficient (Wildman–Crippen LogP) is 5.00. The number of hydrogen-bond donors (Lipinski definition) is 1. The normalized spacial score (nSPS) is 27.6. The Morgan fingerprint density at radius 2 is 1.57 bits per heavy atom. The van der Waals surface area contributed by atoms with Crippen molar-refractivity contribution in [2.75, 3.05) is 0 Å². The van der Waals surface area contributed by atoms with Crippen molar-refractivity contribution < 1.29 is 0 Å². The van der Waals surface area contributed by atoms with E-state index in [0.717, 1.165) is 17.9 Å². The fourth-order valence-corrected chi connectivity index (χ4v) is 5.20. The molecule has 1 nitrogen and oxygen atoms in total. The van der Waals surface area contributed by atoms with E-state index < -0.39 is 0 Å². The van der Waals surface area contributed by atoms with Gasteiger partial charge in [0.15, 0.2) is 0 Å². The first-order valence-corrected chi connectivity index (χ1v) is 8.64. The molecular formula is C19H28ClN. The van der Waals surface area contributed by atoms with Gasteiger partial charge in [0, 0.05) is 17.1 Å². The van der Waals surface area contributed by atoms with E-state index in [1.165, 1.54) is 30.4 Å². The van der Waals surface area contributed by atoms with E-state index in [-0.39, 0.29) is 0 Å². The highest BCUT2D eigenvalue weighted by atomic mass is 35.5. The number of nitrogens with one attached hydrogen (secondary N) is 1. The average Bonchev–Trinajstić information content (AvgIpc) is 2.65. The van der Waals surface area contributed by atoms with Gasteiger partial charge in [-0.15, -0.1) is 0 Å². The Morgan fingerprint density at radius 3 is 2.24 bits per heavy atom. The van der Waals surface area contributed by atoms with E-state index in [9.17, 15) is 0 Å². The maximum atomic E-state index is 6.12. The summed E-state index contributed by atoms with van der Waals surface area (Å²) in [4.78, 5) is 0. The number of fused-ring (bicyclic) bond motifs is 1. The van der Waals surface area contributed by atoms with Crippen molar-refractivity contribution in [2.45, 2.75) is 71.9 Å². The largest absolute Gasteiger partial charge is 0.311 e. The Morgan fingerprint density at radius 1 is 0.952 bits per heavy atom. The van der Waals surface area contributed by atoms with Crippen molar-refractivity contribution in [1.29, 1.82) is 0 Å². The maximum absolute atomic E-state index is 6.12. The van der Waals surface area contributed by atoms with Crippen LogP contribution in [0.25, 0.3) is 0 Å². The van der Waals surface area contributed by atoms with Crippen LogP contribution in [0.4, 0.5) is 0 Å². The fraction of sp³-hybridized carbons (Fsp3) is 0.684. The zero-order valence-corrected chi connectivity index (χ0v) is 14.6. The van der Waals surface area contributed by atoms with Crippen LogP contribution in [0.3, 0.4) is 0 Å². The Bertz CT molecular complexity index is 516. The van der Waals surface area contributed by atoms with E-state index in [1.54, 1.807) is 0 Å². The van der Waals surface area contributed by atoms with Crippen molar-refractivity contribution in [3.05, 3.63) is 34.3 Å². The van der Waals surface area contributed by atoms with Gasteiger partial charge in [-0.1, -0.05) is 45.4 Å². The van der Waals surface area contributed by atoms with Gasteiger partial charge in [0.05, 0.1) is 0 Å². The van der Waals surface area contributed by atoms with Crippen LogP contribution in [0.2, 0.25) is 5.02 Å². The first-order chi connectivity index (χ1) is 9.72. The minimum Gasteiger partial charge on any atom is -0.311 e. The lowest BCUT2D eigenvalue weighted by Gasteiger charge is -2.46. The zero-order chi connectivity index (χ0) is 15.3. The van der Waals surface area contributed by atoms with Gasteiger partial charge in [-0.25, -0.2) is 0 Å². The number of benzene rings is 1. The standard InChI is InChI=1S/C19H28ClN/c1-18(2)10-17(11-19(3,4)12-18)21-16-8-13-5-6-15(20)7-14(13)9-16/h5-7,16-17,21H,8-12H2,1-4H3. The lowest BCUT2D eigenvalue weighted by atomic mass is 9.63. The van der Waals surface area contributed by atoms with Crippen LogP contribution in [0, 0.1) is 10.8 Å². The minimum absolute atomic E-state index is 0.453. The minimum atomic E-state index is 0.453. The molecule has 116 valence electrons. The molecule has 1 unspecified atom stereocenters. The summed E-state index contributed by atoms with van der Waals surface area (Å²) in [5.74, 6) is 0. The molecule has 2 aliphatic rings. The molecule has 1 N–H and O–H groups in total. The highest BCUT2D eigenvalue weighted by Crippen LogP contribution is 2.46. The van der Waals surface area contributed by atoms with Crippen LogP contribution >= 0.6 is 11.6 Å². The molecule has 1 fully saturated rings. The smallest absolute Gasteiger partial charge is 0.0408 e. The molecule has 0 spiro atoms. The molecule has 2 heteroatoms. The van der Waals surface area contributed by atoms with Crippen molar-refractivity contribution in [1.82, 2.24) is 5.32 Å². The molecule has 1 atom stereocenters. The molecule has 0 amide bonds. The summed E-state index contributed by atoms with van der Waals surface area (Å²) in [6.45, 7) is 9.69. The summed E-state index contributed by atoms with van der Waals surface area (Å²) in [5.41, 5.74) is 3.82. The van der Waals surface area contributed by atoms with Crippen molar-refractivity contribution in [2.24, 2.45) is 10.8 Å². The molecule has 0 radical (unpaired) electrons. The molecule has 0 aliphatic heterocycles. The molecular weight excluding hydrogens is 278 g/mol. The maximum Gasteiger partial charge on any atom is 0.0408 e. The second-order valence-corrected chi connectivity index (χ2v) is 9.23. The Labute approximate surface area is 134 Å². The van der Waals surface area contributed by atoms with Gasteiger partial charge in [-0.05, 0) is 66.2 Å². The Hall–Kier alpha value is -0.530. The van der Waals surface area contributed by atoms with Crippen LogP contribution < -0.4 is 5.32 Å². The molecule has 2 aliphatic carbocycles. The summed E-state index contributed by atoms with van der Waals surface area (Å²) in [7, 11) is 0. The van der Waals surface area contributed by atoms with E-state index >= 15 is 0 Å². The topological polar surface area (TPSA) is 12.0 Å². The molecule has 0 heterocycles. The molecule has 0 saturated heterocycles. The molecule has 0 aromatic heterocycles. The quantitative estimate of drug-likeness (QED) is 0.810. The van der Waals surface area contributed by atoms with Crippen molar-refractivity contribution in [3.8, 4) is 0 Å². The molecule has 1 aromatic carbocycles. The monoisotopic (exact) mass is 305 g/mol. The zero-order valence-electron chi connectivity index (χ0n) is 13.8. The third-order valence-electron chi connectivity index (χ3n) is 5.13. The summed E-state index contributed by atoms with van der Waals surface area (Å²) in [6, 6.07) is 7.61. The van der Waals surface area contributed by atoms with Crippen LogP contribution in [0.5, 0.6) is 0 Å². The molecule has 1 aromatic rings. The van der Waals surface area contributed by atoms with Gasteiger partial charge < -0.3 is 5.32 Å². The predicted molar refractivity (Wildman–Crippen MR) is 91.0 cm³/mol. The molecule has 21 heavy (non-hydrogen) atoms. The first kappa shape index (κ1) is 15.4. The fourth-order valence-electron chi connectivity index (χ4n) is 5.00. The molecule has 0 bridgehead atoms. The SMILES string of the molecule is CC1(C)CC(NC2Cc3ccc(Cl)cc3C2)CC(C)(C)C1. The number of rotatable bonds is 2. The van der Waals surface area contributed by atoms with E-state index in [1.807, 2.05) is 6.07 Å². The van der Waals surface area contributed by atoms with Crippen LogP contribution in [0.1, 0.15) is 58.1 Å². The third kappa shape index (κ3) is 3.63. The van der Waals surface area contributed by atoms with Gasteiger partial charge in [-0.2, -0.15) is 0 Å². The van der Waals surface area contributed by atoms with Gasteiger partial charge in [-0.3, -0.25) is 0 Å². The van der Waals surface area contributed by atoms with Crippen LogP contribution in [0.15, 0.2) is 18.2 Å². The van der Waals surface area contributed by atoms with Crippen molar-refractivity contribution in [3.63, 3.8) is 0 Å². The lowest BCUT2D eigenvalue weighted by molar-refractivity contribution is 0.0807. The van der Waals surface area contributed by atoms with Gasteiger partial charge in [0.1, 0.15) is 0 Å². The molecule has 3 rings (SSSR count). The summed E-state index contributed by atoms with van der Waals surface area (Å²) >= 11 is 6.12. The lowest BCUT2D eigenvalue weighted by Crippen LogP contribution is -2.47. The second kappa shape index (κ2) is 5.28. The summed E-state index contributed by atoms with van der Waals surface area (Å²) < 4.78 is 0. The first-order valence-electron chi connectivity index (χ1n) is 8.26. The van der Waals surface area contributed by atoms with E-state index in [4.69, 9.17) is 11.6 Å².